The van der Waals surface area contributed by atoms with Gasteiger partial charge in [0.05, 0.1) is 19.4 Å². The molecule has 0 aliphatic carbocycles. The predicted molar refractivity (Wildman–Crippen MR) is 121 cm³/mol. The molecular weight excluding hydrogens is 382 g/mol. The first-order valence-electron chi connectivity index (χ1n) is 9.40. The van der Waals surface area contributed by atoms with Crippen LogP contribution in [-0.4, -0.2) is 41.4 Å². The Balaban J connectivity index is 1.80. The molecule has 6 nitrogen and oxygen atoms in total. The van der Waals surface area contributed by atoms with Crippen LogP contribution in [0.4, 0.5) is 0 Å². The summed E-state index contributed by atoms with van der Waals surface area (Å²) in [6.07, 6.45) is 3.74. The highest BCUT2D eigenvalue weighted by molar-refractivity contribution is 7.80. The summed E-state index contributed by atoms with van der Waals surface area (Å²) in [6.45, 7) is 3.97. The summed E-state index contributed by atoms with van der Waals surface area (Å²) in [5.74, 6) is 0. The van der Waals surface area contributed by atoms with Gasteiger partial charge in [0.25, 0.3) is 0 Å². The van der Waals surface area contributed by atoms with Crippen LogP contribution in [0, 0.1) is 6.92 Å². The molecule has 150 valence electrons. The van der Waals surface area contributed by atoms with E-state index in [0.717, 1.165) is 16.8 Å². The summed E-state index contributed by atoms with van der Waals surface area (Å²) in [5.41, 5.74) is 8.06. The first kappa shape index (κ1) is 20.7. The number of nitrogens with one attached hydrogen (secondary N) is 2. The van der Waals surface area contributed by atoms with Gasteiger partial charge in [-0.15, -0.1) is 0 Å². The highest BCUT2D eigenvalue weighted by Gasteiger charge is 2.10. The molecule has 7 heteroatoms. The van der Waals surface area contributed by atoms with Gasteiger partial charge in [0.2, 0.25) is 0 Å². The van der Waals surface area contributed by atoms with Crippen LogP contribution in [0.3, 0.4) is 0 Å². The molecule has 0 atom stereocenters. The van der Waals surface area contributed by atoms with Crippen LogP contribution < -0.4 is 10.7 Å². The molecular formula is C22H25N5OS. The first-order valence-corrected chi connectivity index (χ1v) is 9.81. The van der Waals surface area contributed by atoms with E-state index in [1.54, 1.807) is 13.3 Å². The van der Waals surface area contributed by atoms with Crippen molar-refractivity contribution < 1.29 is 4.74 Å². The number of hydrazone groups is 1. The van der Waals surface area contributed by atoms with Gasteiger partial charge >= 0.3 is 0 Å². The van der Waals surface area contributed by atoms with Gasteiger partial charge < -0.3 is 10.1 Å². The molecule has 2 aromatic carbocycles. The van der Waals surface area contributed by atoms with Crippen molar-refractivity contribution in [1.29, 1.82) is 0 Å². The minimum absolute atomic E-state index is 0.451. The van der Waals surface area contributed by atoms with E-state index < -0.39 is 0 Å². The molecule has 0 saturated heterocycles. The number of benzene rings is 2. The average molecular weight is 408 g/mol. The second kappa shape index (κ2) is 10.5. The number of nitrogens with zero attached hydrogens (tertiary/aromatic N) is 3. The van der Waals surface area contributed by atoms with Crippen LogP contribution in [-0.2, 0) is 11.3 Å². The summed E-state index contributed by atoms with van der Waals surface area (Å²) in [6, 6.07) is 18.5. The minimum Gasteiger partial charge on any atom is -0.383 e. The number of thiocarbonyl (C=S) groups is 1. The fourth-order valence-electron chi connectivity index (χ4n) is 2.87. The van der Waals surface area contributed by atoms with Crippen molar-refractivity contribution in [2.75, 3.05) is 20.3 Å². The fraction of sp³-hybridized carbons (Fsp3) is 0.227. The summed E-state index contributed by atoms with van der Waals surface area (Å²) < 4.78 is 6.93. The average Bonchev–Trinajstić information content (AvgIpc) is 3.11. The van der Waals surface area contributed by atoms with E-state index in [1.807, 2.05) is 35.1 Å². The SMILES string of the molecule is COCCNC(=S)N/N=C\c1cn(Cc2ccccc2)nc1-c1cccc(C)c1. The number of ether oxygens (including phenoxy) is 1. The molecule has 0 aliphatic rings. The maximum Gasteiger partial charge on any atom is 0.187 e. The Morgan fingerprint density at radius 2 is 2.03 bits per heavy atom. The maximum atomic E-state index is 5.21. The van der Waals surface area contributed by atoms with Crippen LogP contribution in [0.5, 0.6) is 0 Å². The van der Waals surface area contributed by atoms with Crippen LogP contribution in [0.25, 0.3) is 11.3 Å². The molecule has 0 bridgehead atoms. The molecule has 0 amide bonds. The molecule has 0 radical (unpaired) electrons. The quantitative estimate of drug-likeness (QED) is 0.260. The van der Waals surface area contributed by atoms with Crippen LogP contribution >= 0.6 is 12.2 Å². The van der Waals surface area contributed by atoms with E-state index in [1.165, 1.54) is 11.1 Å². The number of hydrogen-bond acceptors (Lipinski definition) is 4. The van der Waals surface area contributed by atoms with Crippen LogP contribution in [0.15, 0.2) is 65.9 Å². The van der Waals surface area contributed by atoms with Crippen molar-refractivity contribution in [2.45, 2.75) is 13.5 Å². The third-order valence-corrected chi connectivity index (χ3v) is 4.47. The van der Waals surface area contributed by atoms with Gasteiger partial charge in [0, 0.05) is 31.0 Å². The van der Waals surface area contributed by atoms with Gasteiger partial charge in [-0.3, -0.25) is 10.1 Å². The molecule has 1 heterocycles. The zero-order valence-corrected chi connectivity index (χ0v) is 17.4. The van der Waals surface area contributed by atoms with Gasteiger partial charge in [-0.25, -0.2) is 0 Å². The van der Waals surface area contributed by atoms with Crippen molar-refractivity contribution in [3.05, 3.63) is 77.5 Å². The van der Waals surface area contributed by atoms with E-state index in [2.05, 4.69) is 53.1 Å². The monoisotopic (exact) mass is 407 g/mol. The smallest absolute Gasteiger partial charge is 0.187 e. The van der Waals surface area contributed by atoms with E-state index in [4.69, 9.17) is 22.1 Å². The molecule has 1 aromatic heterocycles. The fourth-order valence-corrected chi connectivity index (χ4v) is 3.02. The third-order valence-electron chi connectivity index (χ3n) is 4.23. The molecule has 29 heavy (non-hydrogen) atoms. The van der Waals surface area contributed by atoms with Crippen LogP contribution in [0.1, 0.15) is 16.7 Å². The van der Waals surface area contributed by atoms with Crippen molar-refractivity contribution in [2.24, 2.45) is 5.10 Å². The third kappa shape index (κ3) is 6.23. The summed E-state index contributed by atoms with van der Waals surface area (Å²) >= 11 is 5.21. The van der Waals surface area contributed by atoms with Gasteiger partial charge in [-0.05, 0) is 30.8 Å². The number of aryl methyl sites for hydroxylation is 1. The summed E-state index contributed by atoms with van der Waals surface area (Å²) in [4.78, 5) is 0. The number of aromatic nitrogens is 2. The largest absolute Gasteiger partial charge is 0.383 e. The molecule has 3 aromatic rings. The second-order valence-electron chi connectivity index (χ2n) is 6.60. The van der Waals surface area contributed by atoms with E-state index >= 15 is 0 Å². The zero-order valence-electron chi connectivity index (χ0n) is 16.6. The van der Waals surface area contributed by atoms with Gasteiger partial charge in [-0.1, -0.05) is 54.1 Å². The molecule has 0 fully saturated rings. The van der Waals surface area contributed by atoms with Gasteiger partial charge in [0.15, 0.2) is 5.11 Å². The Kier molecular flexibility index (Phi) is 7.49. The Morgan fingerprint density at radius 1 is 1.21 bits per heavy atom. The van der Waals surface area contributed by atoms with Crippen molar-refractivity contribution in [1.82, 2.24) is 20.5 Å². The minimum atomic E-state index is 0.451. The Bertz CT molecular complexity index is 968. The van der Waals surface area contributed by atoms with Gasteiger partial charge in [0.1, 0.15) is 5.69 Å². The molecule has 0 aliphatic heterocycles. The second-order valence-corrected chi connectivity index (χ2v) is 7.01. The van der Waals surface area contributed by atoms with E-state index in [0.29, 0.717) is 24.8 Å². The Hall–Kier alpha value is -3.03. The van der Waals surface area contributed by atoms with E-state index in [9.17, 15) is 0 Å². The normalized spacial score (nSPS) is 11.0. The standard InChI is InChI=1S/C22H25N5OS/c1-17-7-6-10-19(13-17)21-20(14-24-25-22(29)23-11-12-28-2)16-27(26-21)15-18-8-4-3-5-9-18/h3-10,13-14,16H,11-12,15H2,1-2H3,(H2,23,25,29)/b24-14-. The molecule has 3 rings (SSSR count). The zero-order chi connectivity index (χ0) is 20.5. The lowest BCUT2D eigenvalue weighted by Gasteiger charge is -2.05. The lowest BCUT2D eigenvalue weighted by atomic mass is 10.1. The molecule has 0 unspecified atom stereocenters. The topological polar surface area (TPSA) is 63.5 Å². The molecule has 0 spiro atoms. The highest BCUT2D eigenvalue weighted by atomic mass is 32.1. The van der Waals surface area contributed by atoms with Gasteiger partial charge in [-0.2, -0.15) is 10.2 Å². The molecule has 0 saturated carbocycles. The van der Waals surface area contributed by atoms with Crippen molar-refractivity contribution in [3.63, 3.8) is 0 Å². The van der Waals surface area contributed by atoms with Crippen molar-refractivity contribution >= 4 is 23.5 Å². The Labute approximate surface area is 176 Å². The molecule has 2 N–H and O–H groups in total. The number of methoxy groups -OCH3 is 1. The van der Waals surface area contributed by atoms with Crippen LogP contribution in [0.2, 0.25) is 0 Å². The van der Waals surface area contributed by atoms with E-state index in [-0.39, 0.29) is 0 Å². The first-order chi connectivity index (χ1) is 14.2. The Morgan fingerprint density at radius 3 is 2.79 bits per heavy atom. The lowest BCUT2D eigenvalue weighted by Crippen LogP contribution is -2.34. The lowest BCUT2D eigenvalue weighted by molar-refractivity contribution is 0.204. The number of hydrogen-bond donors (Lipinski definition) is 2. The predicted octanol–water partition coefficient (Wildman–Crippen LogP) is 3.35. The summed E-state index contributed by atoms with van der Waals surface area (Å²) in [5, 5.41) is 12.6. The highest BCUT2D eigenvalue weighted by Crippen LogP contribution is 2.22. The van der Waals surface area contributed by atoms with Crippen molar-refractivity contribution in [3.8, 4) is 11.3 Å². The summed E-state index contributed by atoms with van der Waals surface area (Å²) in [7, 11) is 1.65. The maximum absolute atomic E-state index is 5.21. The number of rotatable bonds is 8.